The quantitative estimate of drug-likeness (QED) is 0.831. The fraction of sp³-hybridized carbons (Fsp3) is 0.706. The van der Waals surface area contributed by atoms with Crippen LogP contribution in [-0.4, -0.2) is 36.7 Å². The highest BCUT2D eigenvalue weighted by atomic mass is 16.6. The molecule has 0 spiro atoms. The summed E-state index contributed by atoms with van der Waals surface area (Å²) in [5, 5.41) is 3.49. The number of ether oxygens (including phenoxy) is 1. The SMILES string of the molecule is CCC(NCC(C)CN(C)C(=O)OC(C)(C)C)c1ccco1. The van der Waals surface area contributed by atoms with Crippen molar-refractivity contribution in [3.8, 4) is 0 Å². The third kappa shape index (κ3) is 6.52. The Labute approximate surface area is 134 Å². The Hall–Kier alpha value is -1.49. The molecule has 1 rings (SSSR count). The maximum atomic E-state index is 11.9. The van der Waals surface area contributed by atoms with Gasteiger partial charge in [0.05, 0.1) is 12.3 Å². The first-order valence-corrected chi connectivity index (χ1v) is 7.93. The summed E-state index contributed by atoms with van der Waals surface area (Å²) in [6.45, 7) is 11.3. The van der Waals surface area contributed by atoms with Crippen molar-refractivity contribution in [3.63, 3.8) is 0 Å². The Morgan fingerprint density at radius 1 is 1.45 bits per heavy atom. The highest BCUT2D eigenvalue weighted by molar-refractivity contribution is 5.67. The zero-order valence-corrected chi connectivity index (χ0v) is 14.7. The number of carbonyl (C=O) groups excluding carboxylic acids is 1. The van der Waals surface area contributed by atoms with Gasteiger partial charge in [-0.25, -0.2) is 4.79 Å². The van der Waals surface area contributed by atoms with E-state index in [-0.39, 0.29) is 12.1 Å². The van der Waals surface area contributed by atoms with E-state index in [1.165, 1.54) is 0 Å². The molecule has 0 aliphatic carbocycles. The lowest BCUT2D eigenvalue weighted by Gasteiger charge is -2.27. The molecule has 1 aromatic rings. The summed E-state index contributed by atoms with van der Waals surface area (Å²) < 4.78 is 10.8. The Balaban J connectivity index is 2.39. The summed E-state index contributed by atoms with van der Waals surface area (Å²) in [4.78, 5) is 13.6. The van der Waals surface area contributed by atoms with Crippen LogP contribution in [0.2, 0.25) is 0 Å². The molecule has 126 valence electrons. The molecule has 0 saturated carbocycles. The maximum absolute atomic E-state index is 11.9. The zero-order valence-electron chi connectivity index (χ0n) is 14.7. The van der Waals surface area contributed by atoms with Gasteiger partial charge in [-0.05, 0) is 45.2 Å². The van der Waals surface area contributed by atoms with Gasteiger partial charge in [-0.3, -0.25) is 0 Å². The summed E-state index contributed by atoms with van der Waals surface area (Å²) in [5.74, 6) is 1.27. The minimum absolute atomic E-state index is 0.212. The van der Waals surface area contributed by atoms with Crippen LogP contribution >= 0.6 is 0 Å². The summed E-state index contributed by atoms with van der Waals surface area (Å²) in [6.07, 6.45) is 2.37. The lowest BCUT2D eigenvalue weighted by Crippen LogP contribution is -2.39. The van der Waals surface area contributed by atoms with Gasteiger partial charge in [0, 0.05) is 20.1 Å². The fourth-order valence-electron chi connectivity index (χ4n) is 2.23. The molecular weight excluding hydrogens is 280 g/mol. The summed E-state index contributed by atoms with van der Waals surface area (Å²) in [7, 11) is 1.77. The Bertz CT molecular complexity index is 437. The minimum Gasteiger partial charge on any atom is -0.468 e. The Morgan fingerprint density at radius 2 is 2.14 bits per heavy atom. The van der Waals surface area contributed by atoms with Crippen LogP contribution in [0, 0.1) is 5.92 Å². The Morgan fingerprint density at radius 3 is 2.64 bits per heavy atom. The van der Waals surface area contributed by atoms with Gasteiger partial charge in [-0.15, -0.1) is 0 Å². The fourth-order valence-corrected chi connectivity index (χ4v) is 2.23. The molecule has 0 aliphatic heterocycles. The first kappa shape index (κ1) is 18.6. The van der Waals surface area contributed by atoms with E-state index in [4.69, 9.17) is 9.15 Å². The number of furan rings is 1. The molecule has 1 heterocycles. The van der Waals surface area contributed by atoms with Crippen LogP contribution in [0.25, 0.3) is 0 Å². The highest BCUT2D eigenvalue weighted by Gasteiger charge is 2.21. The molecule has 5 nitrogen and oxygen atoms in total. The summed E-state index contributed by atoms with van der Waals surface area (Å²) >= 11 is 0. The predicted molar refractivity (Wildman–Crippen MR) is 87.8 cm³/mol. The predicted octanol–water partition coefficient (Wildman–Crippen LogP) is 3.82. The average molecular weight is 310 g/mol. The number of nitrogens with zero attached hydrogens (tertiary/aromatic N) is 1. The van der Waals surface area contributed by atoms with Crippen LogP contribution in [-0.2, 0) is 4.74 Å². The Kier molecular flexibility index (Phi) is 6.94. The van der Waals surface area contributed by atoms with Gasteiger partial charge in [-0.1, -0.05) is 13.8 Å². The van der Waals surface area contributed by atoms with Crippen LogP contribution in [0.3, 0.4) is 0 Å². The second kappa shape index (κ2) is 8.22. The molecule has 0 saturated heterocycles. The molecule has 1 amide bonds. The smallest absolute Gasteiger partial charge is 0.410 e. The number of nitrogens with one attached hydrogen (secondary N) is 1. The molecule has 0 radical (unpaired) electrons. The first-order chi connectivity index (χ1) is 10.2. The largest absolute Gasteiger partial charge is 0.468 e. The van der Waals surface area contributed by atoms with Crippen molar-refractivity contribution in [1.29, 1.82) is 0 Å². The van der Waals surface area contributed by atoms with Crippen molar-refractivity contribution >= 4 is 6.09 Å². The lowest BCUT2D eigenvalue weighted by atomic mass is 10.1. The van der Waals surface area contributed by atoms with Gasteiger partial charge in [0.1, 0.15) is 11.4 Å². The first-order valence-electron chi connectivity index (χ1n) is 7.93. The zero-order chi connectivity index (χ0) is 16.8. The molecule has 0 fully saturated rings. The normalized spacial score (nSPS) is 14.5. The lowest BCUT2D eigenvalue weighted by molar-refractivity contribution is 0.0276. The van der Waals surface area contributed by atoms with Crippen LogP contribution in [0.1, 0.15) is 52.8 Å². The van der Waals surface area contributed by atoms with E-state index in [9.17, 15) is 4.79 Å². The molecule has 0 bridgehead atoms. The maximum Gasteiger partial charge on any atom is 0.410 e. The molecule has 0 aromatic carbocycles. The second-order valence-electron chi connectivity index (χ2n) is 6.85. The van der Waals surface area contributed by atoms with Crippen LogP contribution < -0.4 is 5.32 Å². The van der Waals surface area contributed by atoms with Gasteiger partial charge in [-0.2, -0.15) is 0 Å². The third-order valence-electron chi connectivity index (χ3n) is 3.30. The molecular formula is C17H30N2O3. The topological polar surface area (TPSA) is 54.7 Å². The number of rotatable bonds is 7. The molecule has 22 heavy (non-hydrogen) atoms. The van der Waals surface area contributed by atoms with Gasteiger partial charge >= 0.3 is 6.09 Å². The van der Waals surface area contributed by atoms with Crippen molar-refractivity contribution in [3.05, 3.63) is 24.2 Å². The van der Waals surface area contributed by atoms with Crippen molar-refractivity contribution in [1.82, 2.24) is 10.2 Å². The molecule has 5 heteroatoms. The molecule has 0 aliphatic rings. The average Bonchev–Trinajstić information content (AvgIpc) is 2.91. The van der Waals surface area contributed by atoms with Crippen molar-refractivity contribution in [2.75, 3.05) is 20.1 Å². The van der Waals surface area contributed by atoms with Crippen LogP contribution in [0.4, 0.5) is 4.79 Å². The number of hydrogen-bond acceptors (Lipinski definition) is 4. The van der Waals surface area contributed by atoms with E-state index < -0.39 is 5.60 Å². The molecule has 2 atom stereocenters. The number of amides is 1. The molecule has 2 unspecified atom stereocenters. The monoisotopic (exact) mass is 310 g/mol. The molecule has 1 N–H and O–H groups in total. The van der Waals surface area contributed by atoms with E-state index >= 15 is 0 Å². The van der Waals surface area contributed by atoms with Crippen molar-refractivity contribution in [2.24, 2.45) is 5.92 Å². The van der Waals surface area contributed by atoms with E-state index in [0.717, 1.165) is 18.7 Å². The number of hydrogen-bond donors (Lipinski definition) is 1. The summed E-state index contributed by atoms with van der Waals surface area (Å²) in [5.41, 5.74) is -0.459. The van der Waals surface area contributed by atoms with E-state index in [1.807, 2.05) is 32.9 Å². The van der Waals surface area contributed by atoms with E-state index in [1.54, 1.807) is 18.2 Å². The molecule has 1 aromatic heterocycles. The standard InChI is InChI=1S/C17H30N2O3/c1-7-14(15-9-8-10-21-15)18-11-13(2)12-19(6)16(20)22-17(3,4)5/h8-10,13-14,18H,7,11-12H2,1-6H3. The van der Waals surface area contributed by atoms with Crippen molar-refractivity contribution < 1.29 is 13.9 Å². The van der Waals surface area contributed by atoms with Crippen LogP contribution in [0.5, 0.6) is 0 Å². The highest BCUT2D eigenvalue weighted by Crippen LogP contribution is 2.17. The van der Waals surface area contributed by atoms with E-state index in [2.05, 4.69) is 19.2 Å². The van der Waals surface area contributed by atoms with Gasteiger partial charge in [0.2, 0.25) is 0 Å². The third-order valence-corrected chi connectivity index (χ3v) is 3.30. The van der Waals surface area contributed by atoms with Gasteiger partial charge in [0.15, 0.2) is 0 Å². The van der Waals surface area contributed by atoms with Crippen LogP contribution in [0.15, 0.2) is 22.8 Å². The number of carbonyl (C=O) groups is 1. The van der Waals surface area contributed by atoms with Gasteiger partial charge in [0.25, 0.3) is 0 Å². The van der Waals surface area contributed by atoms with Gasteiger partial charge < -0.3 is 19.4 Å². The second-order valence-corrected chi connectivity index (χ2v) is 6.85. The summed E-state index contributed by atoms with van der Waals surface area (Å²) in [6, 6.07) is 4.10. The minimum atomic E-state index is -0.459. The van der Waals surface area contributed by atoms with E-state index in [0.29, 0.717) is 12.5 Å². The van der Waals surface area contributed by atoms with Crippen molar-refractivity contribution in [2.45, 2.75) is 52.7 Å².